The molecule has 0 bridgehead atoms. The van der Waals surface area contributed by atoms with Gasteiger partial charge in [0.05, 0.1) is 21.1 Å². The summed E-state index contributed by atoms with van der Waals surface area (Å²) in [5, 5.41) is 12.8. The summed E-state index contributed by atoms with van der Waals surface area (Å²) in [7, 11) is -3.88. The van der Waals surface area contributed by atoms with Gasteiger partial charge in [-0.05, 0) is 42.5 Å². The maximum absolute atomic E-state index is 13.7. The summed E-state index contributed by atoms with van der Waals surface area (Å²) in [6, 6.07) is 15.6. The Kier molecular flexibility index (Phi) is 6.98. The van der Waals surface area contributed by atoms with Crippen LogP contribution < -0.4 is 10.0 Å². The van der Waals surface area contributed by atoms with Crippen LogP contribution in [0, 0.1) is 15.9 Å². The number of rotatable bonds is 8. The molecule has 3 aromatic rings. The average Bonchev–Trinajstić information content (AvgIpc) is 2.79. The second-order valence-corrected chi connectivity index (χ2v) is 8.22. The standard InChI is InChI=1S/C21H16FN3O7S/c22-18-11-8-16(25(28)29)12-19(18)23-20(26)13-32-21(27)14-6-9-17(10-7-14)33(30,31)24-15-4-2-1-3-5-15/h1-12,24H,13H2,(H,23,26). The summed E-state index contributed by atoms with van der Waals surface area (Å²) in [5.74, 6) is -2.75. The van der Waals surface area contributed by atoms with Gasteiger partial charge in [0.2, 0.25) is 0 Å². The zero-order chi connectivity index (χ0) is 24.0. The molecule has 0 unspecified atom stereocenters. The van der Waals surface area contributed by atoms with E-state index in [4.69, 9.17) is 4.74 Å². The van der Waals surface area contributed by atoms with Crippen molar-refractivity contribution in [1.82, 2.24) is 0 Å². The number of halogens is 1. The highest BCUT2D eigenvalue weighted by Gasteiger charge is 2.17. The largest absolute Gasteiger partial charge is 0.452 e. The zero-order valence-corrected chi connectivity index (χ0v) is 17.5. The molecule has 0 aliphatic rings. The molecule has 0 spiro atoms. The predicted octanol–water partition coefficient (Wildman–Crippen LogP) is 3.33. The van der Waals surface area contributed by atoms with Crippen molar-refractivity contribution in [3.05, 3.63) is 94.3 Å². The molecule has 10 nitrogen and oxygen atoms in total. The Bertz CT molecular complexity index is 1300. The summed E-state index contributed by atoms with van der Waals surface area (Å²) >= 11 is 0. The van der Waals surface area contributed by atoms with Gasteiger partial charge in [-0.1, -0.05) is 18.2 Å². The van der Waals surface area contributed by atoms with Crippen molar-refractivity contribution < 1.29 is 32.1 Å². The molecule has 170 valence electrons. The van der Waals surface area contributed by atoms with Crippen molar-refractivity contribution in [2.45, 2.75) is 4.90 Å². The minimum Gasteiger partial charge on any atom is -0.452 e. The SMILES string of the molecule is O=C(COC(=O)c1ccc(S(=O)(=O)Nc2ccccc2)cc1)Nc1cc([N+](=O)[O-])ccc1F. The minimum absolute atomic E-state index is 0.0250. The van der Waals surface area contributed by atoms with Gasteiger partial charge in [-0.25, -0.2) is 17.6 Å². The van der Waals surface area contributed by atoms with Crippen LogP contribution >= 0.6 is 0 Å². The third-order valence-electron chi connectivity index (χ3n) is 4.20. The molecule has 3 aromatic carbocycles. The fraction of sp³-hybridized carbons (Fsp3) is 0.0476. The van der Waals surface area contributed by atoms with E-state index in [1.165, 1.54) is 24.3 Å². The normalized spacial score (nSPS) is 10.8. The molecule has 0 saturated heterocycles. The van der Waals surface area contributed by atoms with Crippen molar-refractivity contribution >= 4 is 39.0 Å². The number of anilines is 2. The Hall–Kier alpha value is -4.32. The summed E-state index contributed by atoms with van der Waals surface area (Å²) in [5.41, 5.74) is -0.526. The molecule has 0 aliphatic heterocycles. The van der Waals surface area contributed by atoms with Crippen LogP contribution in [0.1, 0.15) is 10.4 Å². The van der Waals surface area contributed by atoms with E-state index in [1.807, 2.05) is 0 Å². The van der Waals surface area contributed by atoms with Crippen molar-refractivity contribution in [2.24, 2.45) is 0 Å². The lowest BCUT2D eigenvalue weighted by Gasteiger charge is -2.09. The highest BCUT2D eigenvalue weighted by Crippen LogP contribution is 2.21. The lowest BCUT2D eigenvalue weighted by Crippen LogP contribution is -2.21. The van der Waals surface area contributed by atoms with Crippen LogP contribution in [0.5, 0.6) is 0 Å². The fourth-order valence-electron chi connectivity index (χ4n) is 2.61. The number of nitro benzene ring substituents is 1. The number of para-hydroxylation sites is 1. The second-order valence-electron chi connectivity index (χ2n) is 6.54. The molecule has 0 radical (unpaired) electrons. The number of sulfonamides is 1. The molecule has 33 heavy (non-hydrogen) atoms. The number of non-ortho nitro benzene ring substituents is 1. The van der Waals surface area contributed by atoms with Crippen LogP contribution in [0.2, 0.25) is 0 Å². The van der Waals surface area contributed by atoms with Gasteiger partial charge in [0.1, 0.15) is 5.82 Å². The highest BCUT2D eigenvalue weighted by atomic mass is 32.2. The maximum Gasteiger partial charge on any atom is 0.338 e. The van der Waals surface area contributed by atoms with Crippen LogP contribution in [0.4, 0.5) is 21.5 Å². The first kappa shape index (κ1) is 23.3. The van der Waals surface area contributed by atoms with Crippen LogP contribution in [0.15, 0.2) is 77.7 Å². The number of hydrogen-bond acceptors (Lipinski definition) is 7. The monoisotopic (exact) mass is 473 g/mol. The molecule has 3 rings (SSSR count). The van der Waals surface area contributed by atoms with Crippen molar-refractivity contribution in [3.8, 4) is 0 Å². The van der Waals surface area contributed by atoms with Gasteiger partial charge in [-0.2, -0.15) is 0 Å². The highest BCUT2D eigenvalue weighted by molar-refractivity contribution is 7.92. The molecule has 0 aliphatic carbocycles. The maximum atomic E-state index is 13.7. The van der Waals surface area contributed by atoms with Gasteiger partial charge in [-0.3, -0.25) is 19.6 Å². The molecule has 0 saturated carbocycles. The van der Waals surface area contributed by atoms with Crippen molar-refractivity contribution in [1.29, 1.82) is 0 Å². The summed E-state index contributed by atoms with van der Waals surface area (Å²) in [6.45, 7) is -0.795. The minimum atomic E-state index is -3.88. The molecule has 0 atom stereocenters. The average molecular weight is 473 g/mol. The van der Waals surface area contributed by atoms with Gasteiger partial charge >= 0.3 is 5.97 Å². The molecule has 0 heterocycles. The summed E-state index contributed by atoms with van der Waals surface area (Å²) in [6.07, 6.45) is 0. The van der Waals surface area contributed by atoms with E-state index >= 15 is 0 Å². The van der Waals surface area contributed by atoms with Gasteiger partial charge in [0.25, 0.3) is 21.6 Å². The van der Waals surface area contributed by atoms with E-state index in [9.17, 15) is 32.5 Å². The Morgan fingerprint density at radius 2 is 1.67 bits per heavy atom. The molecule has 0 aromatic heterocycles. The lowest BCUT2D eigenvalue weighted by atomic mass is 10.2. The number of esters is 1. The van der Waals surface area contributed by atoms with E-state index < -0.39 is 50.6 Å². The smallest absolute Gasteiger partial charge is 0.338 e. The third kappa shape index (κ3) is 6.11. The molecule has 12 heteroatoms. The Balaban J connectivity index is 1.59. The van der Waals surface area contributed by atoms with Crippen LogP contribution in [-0.4, -0.2) is 31.8 Å². The Morgan fingerprint density at radius 3 is 2.30 bits per heavy atom. The van der Waals surface area contributed by atoms with Crippen molar-refractivity contribution in [2.75, 3.05) is 16.6 Å². The predicted molar refractivity (Wildman–Crippen MR) is 116 cm³/mol. The van der Waals surface area contributed by atoms with Crippen LogP contribution in [0.25, 0.3) is 0 Å². The van der Waals surface area contributed by atoms with E-state index in [0.717, 1.165) is 18.2 Å². The van der Waals surface area contributed by atoms with E-state index in [1.54, 1.807) is 30.3 Å². The van der Waals surface area contributed by atoms with Crippen LogP contribution in [-0.2, 0) is 19.6 Å². The topological polar surface area (TPSA) is 145 Å². The van der Waals surface area contributed by atoms with Gasteiger partial charge < -0.3 is 10.1 Å². The van der Waals surface area contributed by atoms with E-state index in [2.05, 4.69) is 10.0 Å². The molecular formula is C21H16FN3O7S. The number of carbonyl (C=O) groups is 2. The Labute approximate surface area is 187 Å². The number of ether oxygens (including phenoxy) is 1. The van der Waals surface area contributed by atoms with Crippen LogP contribution in [0.3, 0.4) is 0 Å². The summed E-state index contributed by atoms with van der Waals surface area (Å²) in [4.78, 5) is 34.0. The lowest BCUT2D eigenvalue weighted by molar-refractivity contribution is -0.384. The summed E-state index contributed by atoms with van der Waals surface area (Å²) < 4.78 is 45.8. The number of nitrogens with one attached hydrogen (secondary N) is 2. The quantitative estimate of drug-likeness (QED) is 0.290. The molecule has 2 N–H and O–H groups in total. The third-order valence-corrected chi connectivity index (χ3v) is 5.59. The van der Waals surface area contributed by atoms with E-state index in [0.29, 0.717) is 5.69 Å². The number of amides is 1. The second kappa shape index (κ2) is 9.87. The number of hydrogen-bond donors (Lipinski definition) is 2. The number of carbonyl (C=O) groups excluding carboxylic acids is 2. The number of benzene rings is 3. The Morgan fingerprint density at radius 1 is 1.00 bits per heavy atom. The van der Waals surface area contributed by atoms with Gasteiger partial charge in [0, 0.05) is 17.8 Å². The fourth-order valence-corrected chi connectivity index (χ4v) is 3.67. The first-order valence-electron chi connectivity index (χ1n) is 9.24. The number of nitrogens with zero attached hydrogens (tertiary/aromatic N) is 1. The molecule has 0 fully saturated rings. The van der Waals surface area contributed by atoms with E-state index in [-0.39, 0.29) is 10.5 Å². The molecule has 1 amide bonds. The van der Waals surface area contributed by atoms with Crippen molar-refractivity contribution in [3.63, 3.8) is 0 Å². The molecular weight excluding hydrogens is 457 g/mol. The zero-order valence-electron chi connectivity index (χ0n) is 16.7. The van der Waals surface area contributed by atoms with Gasteiger partial charge in [-0.15, -0.1) is 0 Å². The first-order chi connectivity index (χ1) is 15.7. The first-order valence-corrected chi connectivity index (χ1v) is 10.7. The number of nitro groups is 1. The van der Waals surface area contributed by atoms with Gasteiger partial charge in [0.15, 0.2) is 6.61 Å².